The van der Waals surface area contributed by atoms with E-state index in [4.69, 9.17) is 14.2 Å². The maximum Gasteiger partial charge on any atom is 0.343 e. The fourth-order valence-electron chi connectivity index (χ4n) is 4.00. The number of carbonyl (C=O) groups is 4. The molecule has 0 saturated heterocycles. The van der Waals surface area contributed by atoms with E-state index in [0.717, 1.165) is 17.8 Å². The van der Waals surface area contributed by atoms with Crippen LogP contribution in [0.1, 0.15) is 49.1 Å². The van der Waals surface area contributed by atoms with Gasteiger partial charge in [0.2, 0.25) is 5.75 Å². The summed E-state index contributed by atoms with van der Waals surface area (Å²) in [4.78, 5) is 60.4. The first-order valence-corrected chi connectivity index (χ1v) is 13.2. The van der Waals surface area contributed by atoms with Crippen LogP contribution < -0.4 is 25.0 Å². The van der Waals surface area contributed by atoms with Crippen LogP contribution in [-0.2, 0) is 4.79 Å². The molecule has 13 heteroatoms. The molecule has 0 bridgehead atoms. The number of aryl methyl sites for hydroxylation is 1. The van der Waals surface area contributed by atoms with Crippen molar-refractivity contribution >= 4 is 41.3 Å². The normalized spacial score (nSPS) is 10.6. The van der Waals surface area contributed by atoms with Crippen molar-refractivity contribution in [1.82, 2.24) is 5.43 Å². The van der Waals surface area contributed by atoms with Gasteiger partial charge in [-0.3, -0.25) is 24.5 Å². The molecule has 228 valence electrons. The van der Waals surface area contributed by atoms with Crippen LogP contribution in [0.25, 0.3) is 0 Å². The first-order valence-electron chi connectivity index (χ1n) is 13.2. The number of nitrogens with one attached hydrogen (secondary N) is 2. The Morgan fingerprint density at radius 3 is 2.20 bits per heavy atom. The second-order valence-corrected chi connectivity index (χ2v) is 9.40. The van der Waals surface area contributed by atoms with E-state index < -0.39 is 34.2 Å². The maximum atomic E-state index is 13.0. The zero-order valence-electron chi connectivity index (χ0n) is 24.2. The molecule has 2 amide bonds. The molecule has 13 nitrogen and oxygen atoms in total. The van der Waals surface area contributed by atoms with Gasteiger partial charge in [-0.1, -0.05) is 23.8 Å². The second kappa shape index (κ2) is 14.2. The van der Waals surface area contributed by atoms with E-state index in [-0.39, 0.29) is 34.1 Å². The van der Waals surface area contributed by atoms with Crippen molar-refractivity contribution in [2.75, 3.05) is 12.4 Å². The lowest BCUT2D eigenvalue weighted by atomic mass is 10.1. The molecule has 0 unspecified atom stereocenters. The van der Waals surface area contributed by atoms with Crippen LogP contribution in [0.2, 0.25) is 0 Å². The van der Waals surface area contributed by atoms with Gasteiger partial charge < -0.3 is 19.5 Å². The molecule has 0 aliphatic carbocycles. The van der Waals surface area contributed by atoms with Crippen LogP contribution in [0.5, 0.6) is 17.2 Å². The van der Waals surface area contributed by atoms with Gasteiger partial charge in [-0.05, 0) is 67.6 Å². The van der Waals surface area contributed by atoms with Crippen molar-refractivity contribution in [1.29, 1.82) is 0 Å². The van der Waals surface area contributed by atoms with Gasteiger partial charge in [0.1, 0.15) is 0 Å². The molecule has 45 heavy (non-hydrogen) atoms. The minimum atomic E-state index is -0.967. The summed E-state index contributed by atoms with van der Waals surface area (Å²) in [6.45, 7) is 3.08. The molecule has 0 atom stereocenters. The number of amides is 2. The predicted octanol–water partition coefficient (Wildman–Crippen LogP) is 5.07. The monoisotopic (exact) mass is 610 g/mol. The summed E-state index contributed by atoms with van der Waals surface area (Å²) >= 11 is 0. The Morgan fingerprint density at radius 1 is 0.822 bits per heavy atom. The molecular weight excluding hydrogens is 584 g/mol. The SMILES string of the molecule is COc1cc(C(=O)Oc2c(/C=N/NC(=O)c3ccc(NC(=O)c4cccc(C)c4)cc3)cccc2[N+](=O)[O-])ccc1OC(C)=O. The Balaban J connectivity index is 1.46. The molecule has 4 aromatic carbocycles. The Kier molecular flexibility index (Phi) is 9.96. The molecule has 0 aliphatic rings. The fraction of sp³-hybridized carbons (Fsp3) is 0.0938. The van der Waals surface area contributed by atoms with Crippen LogP contribution in [0.15, 0.2) is 90.0 Å². The summed E-state index contributed by atoms with van der Waals surface area (Å²) in [6.07, 6.45) is 1.09. The summed E-state index contributed by atoms with van der Waals surface area (Å²) in [5.74, 6) is -2.75. The van der Waals surface area contributed by atoms with Crippen molar-refractivity contribution in [3.05, 3.63) is 123 Å². The lowest BCUT2D eigenvalue weighted by Crippen LogP contribution is -2.18. The standard InChI is InChI=1S/C32H26N4O9/c1-19-6-4-7-22(16-19)30(38)34-25-13-10-21(11-14-25)31(39)35-33-18-24-8-5-9-26(36(41)42)29(24)45-32(40)23-12-15-27(44-20(2)37)28(17-23)43-3/h4-18H,1-3H3,(H,34,38)(H,35,39)/b33-18+. The molecule has 0 heterocycles. The number of methoxy groups -OCH3 is 1. The number of ether oxygens (including phenoxy) is 3. The highest BCUT2D eigenvalue weighted by molar-refractivity contribution is 6.04. The van der Waals surface area contributed by atoms with E-state index in [2.05, 4.69) is 15.8 Å². The Hall–Kier alpha value is -6.37. The highest BCUT2D eigenvalue weighted by atomic mass is 16.6. The van der Waals surface area contributed by atoms with Crippen LogP contribution in [-0.4, -0.2) is 42.0 Å². The van der Waals surface area contributed by atoms with Crippen LogP contribution in [0, 0.1) is 17.0 Å². The number of nitrogens with zero attached hydrogens (tertiary/aromatic N) is 2. The number of esters is 2. The molecule has 0 spiro atoms. The van der Waals surface area contributed by atoms with E-state index in [0.29, 0.717) is 11.3 Å². The highest BCUT2D eigenvalue weighted by Crippen LogP contribution is 2.32. The number of benzene rings is 4. The third kappa shape index (κ3) is 8.14. The maximum absolute atomic E-state index is 13.0. The quantitative estimate of drug-likeness (QED) is 0.0816. The van der Waals surface area contributed by atoms with E-state index >= 15 is 0 Å². The van der Waals surface area contributed by atoms with Gasteiger partial charge in [0.25, 0.3) is 11.8 Å². The zero-order chi connectivity index (χ0) is 32.5. The molecule has 4 aromatic rings. The lowest BCUT2D eigenvalue weighted by molar-refractivity contribution is -0.385. The predicted molar refractivity (Wildman–Crippen MR) is 163 cm³/mol. The third-order valence-electron chi connectivity index (χ3n) is 6.12. The minimum absolute atomic E-state index is 0.0237. The van der Waals surface area contributed by atoms with Gasteiger partial charge in [0.15, 0.2) is 11.5 Å². The van der Waals surface area contributed by atoms with Gasteiger partial charge in [-0.2, -0.15) is 5.10 Å². The molecule has 0 saturated carbocycles. The van der Waals surface area contributed by atoms with E-state index in [1.165, 1.54) is 56.5 Å². The van der Waals surface area contributed by atoms with Gasteiger partial charge in [-0.15, -0.1) is 0 Å². The smallest absolute Gasteiger partial charge is 0.343 e. The van der Waals surface area contributed by atoms with Crippen LogP contribution >= 0.6 is 0 Å². The second-order valence-electron chi connectivity index (χ2n) is 9.40. The molecular formula is C32H26N4O9. The summed E-state index contributed by atoms with van der Waals surface area (Å²) in [6, 6.07) is 21.0. The number of nitro groups is 1. The number of carbonyl (C=O) groups excluding carboxylic acids is 4. The molecule has 0 radical (unpaired) electrons. The fourth-order valence-corrected chi connectivity index (χ4v) is 4.00. The molecule has 0 aromatic heterocycles. The topological polar surface area (TPSA) is 176 Å². The van der Waals surface area contributed by atoms with Gasteiger partial charge in [0, 0.05) is 35.4 Å². The van der Waals surface area contributed by atoms with Gasteiger partial charge >= 0.3 is 17.6 Å². The Morgan fingerprint density at radius 2 is 1.53 bits per heavy atom. The van der Waals surface area contributed by atoms with Gasteiger partial charge in [0.05, 0.1) is 23.8 Å². The van der Waals surface area contributed by atoms with Crippen LogP contribution in [0.3, 0.4) is 0 Å². The average Bonchev–Trinajstić information content (AvgIpc) is 3.01. The lowest BCUT2D eigenvalue weighted by Gasteiger charge is -2.11. The first-order chi connectivity index (χ1) is 21.5. The van der Waals surface area contributed by atoms with Gasteiger partial charge in [-0.25, -0.2) is 10.2 Å². The van der Waals surface area contributed by atoms with E-state index in [1.54, 1.807) is 30.3 Å². The summed E-state index contributed by atoms with van der Waals surface area (Å²) in [7, 11) is 1.31. The highest BCUT2D eigenvalue weighted by Gasteiger charge is 2.23. The van der Waals surface area contributed by atoms with Crippen LogP contribution in [0.4, 0.5) is 11.4 Å². The number of hydrogen-bond acceptors (Lipinski definition) is 10. The molecule has 4 rings (SSSR count). The van der Waals surface area contributed by atoms with Crippen molar-refractivity contribution in [3.63, 3.8) is 0 Å². The largest absolute Gasteiger partial charge is 0.493 e. The first kappa shape index (κ1) is 31.6. The Labute approximate surface area is 256 Å². The Bertz CT molecular complexity index is 1820. The zero-order valence-corrected chi connectivity index (χ0v) is 24.2. The van der Waals surface area contributed by atoms with Crippen molar-refractivity contribution in [3.8, 4) is 17.2 Å². The molecule has 2 N–H and O–H groups in total. The number of para-hydroxylation sites is 1. The average molecular weight is 611 g/mol. The van der Waals surface area contributed by atoms with E-state index in [9.17, 15) is 29.3 Å². The molecule has 0 aliphatic heterocycles. The van der Waals surface area contributed by atoms with Crippen molar-refractivity contribution in [2.24, 2.45) is 5.10 Å². The summed E-state index contributed by atoms with van der Waals surface area (Å²) < 4.78 is 15.6. The number of hydrazone groups is 1. The number of hydrogen-bond donors (Lipinski definition) is 2. The third-order valence-corrected chi connectivity index (χ3v) is 6.12. The summed E-state index contributed by atoms with van der Waals surface area (Å²) in [5, 5.41) is 18.3. The number of nitro benzene ring substituents is 1. The number of rotatable bonds is 10. The molecule has 0 fully saturated rings. The van der Waals surface area contributed by atoms with Crippen molar-refractivity contribution in [2.45, 2.75) is 13.8 Å². The van der Waals surface area contributed by atoms with Crippen molar-refractivity contribution < 1.29 is 38.3 Å². The minimum Gasteiger partial charge on any atom is -0.493 e. The van der Waals surface area contributed by atoms with E-state index in [1.807, 2.05) is 13.0 Å². The summed E-state index contributed by atoms with van der Waals surface area (Å²) in [5.41, 5.74) is 3.90. The number of anilines is 1.